The van der Waals surface area contributed by atoms with E-state index in [2.05, 4.69) is 30.1 Å². The molecule has 1 saturated heterocycles. The van der Waals surface area contributed by atoms with Gasteiger partial charge in [-0.2, -0.15) is 0 Å². The maximum atomic E-state index is 5.37. The van der Waals surface area contributed by atoms with Gasteiger partial charge in [-0.05, 0) is 56.3 Å². The molecule has 1 heterocycles. The first kappa shape index (κ1) is 13.0. The molecule has 0 N–H and O–H groups in total. The molecule has 0 aromatic heterocycles. The Balaban J connectivity index is 1.80. The van der Waals surface area contributed by atoms with Gasteiger partial charge in [-0.15, -0.1) is 0 Å². The van der Waals surface area contributed by atoms with Crippen molar-refractivity contribution in [3.05, 3.63) is 29.8 Å². The quantitative estimate of drug-likeness (QED) is 0.795. The van der Waals surface area contributed by atoms with Crippen LogP contribution in [0.2, 0.25) is 0 Å². The van der Waals surface area contributed by atoms with Crippen molar-refractivity contribution in [3.63, 3.8) is 0 Å². The van der Waals surface area contributed by atoms with Crippen LogP contribution >= 0.6 is 0 Å². The Hall–Kier alpha value is -1.02. The molecule has 1 saturated carbocycles. The Kier molecular flexibility index (Phi) is 3.79. The molecule has 0 amide bonds. The zero-order valence-electron chi connectivity index (χ0n) is 12.1. The summed E-state index contributed by atoms with van der Waals surface area (Å²) >= 11 is 0. The molecular weight excluding hydrogens is 234 g/mol. The number of ether oxygens (including phenoxy) is 1. The van der Waals surface area contributed by atoms with Gasteiger partial charge in [0.1, 0.15) is 5.75 Å². The largest absolute Gasteiger partial charge is 0.497 e. The van der Waals surface area contributed by atoms with Crippen LogP contribution in [0.3, 0.4) is 0 Å². The minimum absolute atomic E-state index is 0.578. The van der Waals surface area contributed by atoms with E-state index in [4.69, 9.17) is 4.74 Å². The predicted molar refractivity (Wildman–Crippen MR) is 78.5 cm³/mol. The fraction of sp³-hybridized carbons (Fsp3) is 0.647. The maximum Gasteiger partial charge on any atom is 0.119 e. The molecule has 2 aliphatic rings. The number of benzene rings is 1. The molecule has 104 valence electrons. The monoisotopic (exact) mass is 259 g/mol. The highest BCUT2D eigenvalue weighted by molar-refractivity contribution is 5.31. The van der Waals surface area contributed by atoms with Crippen LogP contribution in [0, 0.1) is 5.92 Å². The maximum absolute atomic E-state index is 5.37. The van der Waals surface area contributed by atoms with Crippen LogP contribution in [0.1, 0.15) is 50.1 Å². The number of rotatable bonds is 2. The highest BCUT2D eigenvalue weighted by Gasteiger charge is 2.36. The van der Waals surface area contributed by atoms with Crippen molar-refractivity contribution in [2.45, 2.75) is 50.6 Å². The lowest BCUT2D eigenvalue weighted by Gasteiger charge is -2.47. The van der Waals surface area contributed by atoms with E-state index in [0.29, 0.717) is 6.04 Å². The smallest absolute Gasteiger partial charge is 0.119 e. The molecule has 0 bridgehead atoms. The molecule has 0 unspecified atom stereocenters. The van der Waals surface area contributed by atoms with E-state index >= 15 is 0 Å². The molecule has 1 aromatic rings. The molecule has 3 atom stereocenters. The average Bonchev–Trinajstić information content (AvgIpc) is 2.48. The third kappa shape index (κ3) is 2.51. The van der Waals surface area contributed by atoms with Gasteiger partial charge >= 0.3 is 0 Å². The average molecular weight is 259 g/mol. The van der Waals surface area contributed by atoms with Crippen molar-refractivity contribution in [2.24, 2.45) is 5.92 Å². The highest BCUT2D eigenvalue weighted by atomic mass is 16.5. The second-order valence-corrected chi connectivity index (χ2v) is 6.15. The Bertz CT molecular complexity index is 431. The molecule has 3 rings (SSSR count). The normalized spacial score (nSPS) is 31.8. The van der Waals surface area contributed by atoms with Crippen LogP contribution in [-0.2, 0) is 0 Å². The minimum Gasteiger partial charge on any atom is -0.497 e. The molecular formula is C17H25NO. The summed E-state index contributed by atoms with van der Waals surface area (Å²) in [7, 11) is 4.08. The third-order valence-corrected chi connectivity index (χ3v) is 5.17. The topological polar surface area (TPSA) is 12.5 Å². The van der Waals surface area contributed by atoms with Crippen molar-refractivity contribution in [2.75, 3.05) is 14.2 Å². The van der Waals surface area contributed by atoms with E-state index in [1.165, 1.54) is 44.1 Å². The first-order valence-corrected chi connectivity index (χ1v) is 7.65. The summed E-state index contributed by atoms with van der Waals surface area (Å²) in [5.41, 5.74) is 1.42. The standard InChI is InChI=1S/C17H25NO/c1-18-16-9-4-3-6-13(16)10-11-17(18)14-7-5-8-15(12-14)19-2/h5,7-8,12-13,16-17H,3-4,6,9-11H2,1-2H3/t13-,16+,17-/m0/s1. The Morgan fingerprint density at radius 3 is 2.79 bits per heavy atom. The first-order valence-electron chi connectivity index (χ1n) is 7.65. The van der Waals surface area contributed by atoms with Gasteiger partial charge in [0, 0.05) is 12.1 Å². The Labute approximate surface area is 116 Å². The summed E-state index contributed by atoms with van der Waals surface area (Å²) in [5, 5.41) is 0. The number of piperidine rings is 1. The molecule has 2 heteroatoms. The van der Waals surface area contributed by atoms with Gasteiger partial charge in [0.2, 0.25) is 0 Å². The van der Waals surface area contributed by atoms with E-state index in [1.54, 1.807) is 7.11 Å². The molecule has 0 radical (unpaired) electrons. The van der Waals surface area contributed by atoms with Gasteiger partial charge in [-0.3, -0.25) is 4.90 Å². The summed E-state index contributed by atoms with van der Waals surface area (Å²) < 4.78 is 5.37. The van der Waals surface area contributed by atoms with E-state index in [-0.39, 0.29) is 0 Å². The summed E-state index contributed by atoms with van der Waals surface area (Å²) in [4.78, 5) is 2.64. The van der Waals surface area contributed by atoms with Crippen molar-refractivity contribution >= 4 is 0 Å². The predicted octanol–water partition coefficient (Wildman–Crippen LogP) is 4.02. The zero-order valence-corrected chi connectivity index (χ0v) is 12.1. The minimum atomic E-state index is 0.578. The van der Waals surface area contributed by atoms with Crippen LogP contribution < -0.4 is 4.74 Å². The SMILES string of the molecule is COc1cccc([C@@H]2CC[C@@H]3CCCC[C@H]3N2C)c1. The molecule has 0 spiro atoms. The number of methoxy groups -OCH3 is 1. The zero-order chi connectivity index (χ0) is 13.2. The number of likely N-dealkylation sites (tertiary alicyclic amines) is 1. The number of hydrogen-bond donors (Lipinski definition) is 0. The Morgan fingerprint density at radius 2 is 1.95 bits per heavy atom. The second kappa shape index (κ2) is 5.54. The van der Waals surface area contributed by atoms with Gasteiger partial charge in [0.25, 0.3) is 0 Å². The lowest BCUT2D eigenvalue weighted by molar-refractivity contribution is 0.0363. The van der Waals surface area contributed by atoms with Crippen LogP contribution in [0.15, 0.2) is 24.3 Å². The molecule has 1 aromatic carbocycles. The van der Waals surface area contributed by atoms with Crippen LogP contribution in [0.25, 0.3) is 0 Å². The first-order chi connectivity index (χ1) is 9.29. The van der Waals surface area contributed by atoms with Crippen LogP contribution in [0.4, 0.5) is 0 Å². The number of nitrogens with zero attached hydrogens (tertiary/aromatic N) is 1. The van der Waals surface area contributed by atoms with Gasteiger partial charge in [0.15, 0.2) is 0 Å². The fourth-order valence-corrected chi connectivity index (χ4v) is 4.12. The Morgan fingerprint density at radius 1 is 1.11 bits per heavy atom. The van der Waals surface area contributed by atoms with Crippen molar-refractivity contribution in [1.82, 2.24) is 4.90 Å². The van der Waals surface area contributed by atoms with Crippen LogP contribution in [0.5, 0.6) is 5.75 Å². The van der Waals surface area contributed by atoms with Gasteiger partial charge < -0.3 is 4.74 Å². The van der Waals surface area contributed by atoms with Crippen molar-refractivity contribution < 1.29 is 4.74 Å². The van der Waals surface area contributed by atoms with E-state index in [0.717, 1.165) is 17.7 Å². The highest BCUT2D eigenvalue weighted by Crippen LogP contribution is 2.42. The van der Waals surface area contributed by atoms with Gasteiger partial charge in [0.05, 0.1) is 7.11 Å². The van der Waals surface area contributed by atoms with Gasteiger partial charge in [-0.1, -0.05) is 25.0 Å². The van der Waals surface area contributed by atoms with Crippen molar-refractivity contribution in [1.29, 1.82) is 0 Å². The molecule has 2 fully saturated rings. The molecule has 1 aliphatic carbocycles. The summed E-state index contributed by atoms with van der Waals surface area (Å²) in [6.07, 6.45) is 8.39. The molecule has 19 heavy (non-hydrogen) atoms. The lowest BCUT2D eigenvalue weighted by atomic mass is 9.75. The second-order valence-electron chi connectivity index (χ2n) is 6.15. The number of fused-ring (bicyclic) bond motifs is 1. The molecule has 2 nitrogen and oxygen atoms in total. The number of hydrogen-bond acceptors (Lipinski definition) is 2. The lowest BCUT2D eigenvalue weighted by Crippen LogP contribution is -2.46. The van der Waals surface area contributed by atoms with Gasteiger partial charge in [-0.25, -0.2) is 0 Å². The van der Waals surface area contributed by atoms with Crippen molar-refractivity contribution in [3.8, 4) is 5.75 Å². The summed E-state index contributed by atoms with van der Waals surface area (Å²) in [5.74, 6) is 1.93. The van der Waals surface area contributed by atoms with E-state index < -0.39 is 0 Å². The third-order valence-electron chi connectivity index (χ3n) is 5.17. The van der Waals surface area contributed by atoms with Crippen LogP contribution in [-0.4, -0.2) is 25.1 Å². The summed E-state index contributed by atoms with van der Waals surface area (Å²) in [6.45, 7) is 0. The van der Waals surface area contributed by atoms with E-state index in [1.807, 2.05) is 6.07 Å². The molecule has 1 aliphatic heterocycles. The summed E-state index contributed by atoms with van der Waals surface area (Å²) in [6, 6.07) is 10.0. The van der Waals surface area contributed by atoms with E-state index in [9.17, 15) is 0 Å². The fourth-order valence-electron chi connectivity index (χ4n) is 4.12.